The Morgan fingerprint density at radius 3 is 2.50 bits per heavy atom. The molecule has 0 N–H and O–H groups in total. The molecule has 0 spiro atoms. The van der Waals surface area contributed by atoms with Gasteiger partial charge < -0.3 is 4.74 Å². The third-order valence-electron chi connectivity index (χ3n) is 3.56. The largest absolute Gasteiger partial charge is 0.469 e. The van der Waals surface area contributed by atoms with Crippen LogP contribution in [0.2, 0.25) is 0 Å². The normalized spacial score (nSPS) is 13.9. The number of rotatable bonds is 7. The third kappa shape index (κ3) is 3.84. The van der Waals surface area contributed by atoms with Gasteiger partial charge in [-0.05, 0) is 24.8 Å². The second-order valence-corrected chi connectivity index (χ2v) is 5.34. The van der Waals surface area contributed by atoms with Crippen molar-refractivity contribution < 1.29 is 9.53 Å². The maximum absolute atomic E-state index is 11.7. The Hall–Kier alpha value is -0.830. The summed E-state index contributed by atoms with van der Waals surface area (Å²) >= 11 is 3.47. The van der Waals surface area contributed by atoms with Gasteiger partial charge in [0.25, 0.3) is 0 Å². The van der Waals surface area contributed by atoms with Crippen LogP contribution in [0.3, 0.4) is 0 Å². The molecule has 0 aliphatic carbocycles. The number of benzene rings is 1. The lowest BCUT2D eigenvalue weighted by Crippen LogP contribution is -2.29. The molecule has 0 aromatic heterocycles. The van der Waals surface area contributed by atoms with Gasteiger partial charge >= 0.3 is 5.97 Å². The molecular weight excluding hydrogens is 292 g/mol. The zero-order valence-corrected chi connectivity index (χ0v) is 12.7. The molecule has 0 fully saturated rings. The Morgan fingerprint density at radius 2 is 2.00 bits per heavy atom. The summed E-state index contributed by atoms with van der Waals surface area (Å²) in [5.74, 6) is -0.129. The molecule has 0 aliphatic heterocycles. The van der Waals surface area contributed by atoms with E-state index in [1.165, 1.54) is 12.7 Å². The maximum atomic E-state index is 11.7. The van der Waals surface area contributed by atoms with E-state index in [0.29, 0.717) is 6.42 Å². The molecule has 18 heavy (non-hydrogen) atoms. The van der Waals surface area contributed by atoms with Crippen LogP contribution in [-0.2, 0) is 14.9 Å². The molecule has 3 heteroatoms. The van der Waals surface area contributed by atoms with Crippen molar-refractivity contribution in [2.75, 3.05) is 12.4 Å². The summed E-state index contributed by atoms with van der Waals surface area (Å²) in [6.45, 7) is 2.14. The lowest BCUT2D eigenvalue weighted by Gasteiger charge is -2.32. The van der Waals surface area contributed by atoms with E-state index in [-0.39, 0.29) is 11.4 Å². The van der Waals surface area contributed by atoms with Gasteiger partial charge in [-0.3, -0.25) is 4.79 Å². The molecule has 1 atom stereocenters. The van der Waals surface area contributed by atoms with Crippen LogP contribution in [0.5, 0.6) is 0 Å². The van der Waals surface area contributed by atoms with Gasteiger partial charge in [-0.15, -0.1) is 0 Å². The van der Waals surface area contributed by atoms with Crippen molar-refractivity contribution >= 4 is 21.9 Å². The predicted molar refractivity (Wildman–Crippen MR) is 78.1 cm³/mol. The van der Waals surface area contributed by atoms with Crippen LogP contribution in [0.25, 0.3) is 0 Å². The fourth-order valence-corrected chi connectivity index (χ4v) is 2.67. The highest BCUT2D eigenvalue weighted by Crippen LogP contribution is 2.37. The lowest BCUT2D eigenvalue weighted by molar-refractivity contribution is -0.142. The molecule has 0 bridgehead atoms. The topological polar surface area (TPSA) is 26.3 Å². The first-order valence-corrected chi connectivity index (χ1v) is 7.49. The van der Waals surface area contributed by atoms with Gasteiger partial charge in [0, 0.05) is 10.7 Å². The lowest BCUT2D eigenvalue weighted by atomic mass is 9.72. The molecule has 0 saturated heterocycles. The first-order chi connectivity index (χ1) is 8.68. The summed E-state index contributed by atoms with van der Waals surface area (Å²) in [6.07, 6.45) is 3.45. The van der Waals surface area contributed by atoms with Gasteiger partial charge in [0.2, 0.25) is 0 Å². The van der Waals surface area contributed by atoms with Crippen molar-refractivity contribution in [2.24, 2.45) is 0 Å². The van der Waals surface area contributed by atoms with Crippen molar-refractivity contribution in [2.45, 2.75) is 38.0 Å². The molecule has 100 valence electrons. The highest BCUT2D eigenvalue weighted by Gasteiger charge is 2.32. The number of hydrogen-bond donors (Lipinski definition) is 0. The SMILES string of the molecule is CCC(CCCBr)(CC(=O)OC)c1ccccc1. The first kappa shape index (κ1) is 15.2. The zero-order valence-electron chi connectivity index (χ0n) is 11.1. The van der Waals surface area contributed by atoms with E-state index in [4.69, 9.17) is 4.74 Å². The van der Waals surface area contributed by atoms with Crippen LogP contribution in [0, 0.1) is 0 Å². The second kappa shape index (κ2) is 7.57. The number of alkyl halides is 1. The number of esters is 1. The summed E-state index contributed by atoms with van der Waals surface area (Å²) < 4.78 is 4.86. The molecule has 0 saturated carbocycles. The van der Waals surface area contributed by atoms with Crippen LogP contribution in [0.15, 0.2) is 30.3 Å². The summed E-state index contributed by atoms with van der Waals surface area (Å²) in [4.78, 5) is 11.7. The van der Waals surface area contributed by atoms with Gasteiger partial charge in [-0.2, -0.15) is 0 Å². The summed E-state index contributed by atoms with van der Waals surface area (Å²) in [6, 6.07) is 10.3. The van der Waals surface area contributed by atoms with Gasteiger partial charge in [-0.1, -0.05) is 53.2 Å². The standard InChI is InChI=1S/C15H21BrO2/c1-3-15(10-7-11-16,12-14(17)18-2)13-8-5-4-6-9-13/h4-6,8-9H,3,7,10-12H2,1-2H3. The fourth-order valence-electron chi connectivity index (χ4n) is 2.39. The van der Waals surface area contributed by atoms with Crippen LogP contribution in [0.1, 0.15) is 38.2 Å². The van der Waals surface area contributed by atoms with E-state index in [1.54, 1.807) is 0 Å². The number of methoxy groups -OCH3 is 1. The highest BCUT2D eigenvalue weighted by molar-refractivity contribution is 9.09. The van der Waals surface area contributed by atoms with Gasteiger partial charge in [0.1, 0.15) is 0 Å². The molecule has 1 aromatic rings. The number of ether oxygens (including phenoxy) is 1. The summed E-state index contributed by atoms with van der Waals surface area (Å²) in [7, 11) is 1.46. The molecule has 1 rings (SSSR count). The average molecular weight is 313 g/mol. The maximum Gasteiger partial charge on any atom is 0.306 e. The molecule has 0 heterocycles. The smallest absolute Gasteiger partial charge is 0.306 e. The molecule has 1 unspecified atom stereocenters. The average Bonchev–Trinajstić information content (AvgIpc) is 2.44. The van der Waals surface area contributed by atoms with Gasteiger partial charge in [0.05, 0.1) is 13.5 Å². The van der Waals surface area contributed by atoms with E-state index in [1.807, 2.05) is 18.2 Å². The van der Waals surface area contributed by atoms with Crippen molar-refractivity contribution in [3.8, 4) is 0 Å². The Balaban J connectivity index is 3.01. The summed E-state index contributed by atoms with van der Waals surface area (Å²) in [5, 5.41) is 0.961. The van der Waals surface area contributed by atoms with E-state index >= 15 is 0 Å². The van der Waals surface area contributed by atoms with Crippen LogP contribution < -0.4 is 0 Å². The predicted octanol–water partition coefficient (Wildman–Crippen LogP) is 4.07. The van der Waals surface area contributed by atoms with Crippen LogP contribution in [0.4, 0.5) is 0 Å². The Morgan fingerprint density at radius 1 is 1.33 bits per heavy atom. The van der Waals surface area contributed by atoms with Crippen molar-refractivity contribution in [3.05, 3.63) is 35.9 Å². The second-order valence-electron chi connectivity index (χ2n) is 4.55. The van der Waals surface area contributed by atoms with Crippen molar-refractivity contribution in [1.82, 2.24) is 0 Å². The molecule has 2 nitrogen and oxygen atoms in total. The van der Waals surface area contributed by atoms with Crippen molar-refractivity contribution in [1.29, 1.82) is 0 Å². The van der Waals surface area contributed by atoms with E-state index in [0.717, 1.165) is 24.6 Å². The Bertz CT molecular complexity index is 364. The molecule has 0 amide bonds. The molecule has 1 aromatic carbocycles. The highest BCUT2D eigenvalue weighted by atomic mass is 79.9. The Kier molecular flexibility index (Phi) is 6.41. The quantitative estimate of drug-likeness (QED) is 0.560. The first-order valence-electron chi connectivity index (χ1n) is 6.37. The van der Waals surface area contributed by atoms with Crippen LogP contribution >= 0.6 is 15.9 Å². The number of hydrogen-bond acceptors (Lipinski definition) is 2. The van der Waals surface area contributed by atoms with E-state index in [2.05, 4.69) is 35.0 Å². The number of halogens is 1. The monoisotopic (exact) mass is 312 g/mol. The van der Waals surface area contributed by atoms with Gasteiger partial charge in [-0.25, -0.2) is 0 Å². The number of carbonyl (C=O) groups is 1. The van der Waals surface area contributed by atoms with Crippen molar-refractivity contribution in [3.63, 3.8) is 0 Å². The van der Waals surface area contributed by atoms with E-state index in [9.17, 15) is 4.79 Å². The molecular formula is C15H21BrO2. The third-order valence-corrected chi connectivity index (χ3v) is 4.12. The van der Waals surface area contributed by atoms with E-state index < -0.39 is 0 Å². The molecule has 0 radical (unpaired) electrons. The number of carbonyl (C=O) groups excluding carboxylic acids is 1. The summed E-state index contributed by atoms with van der Waals surface area (Å²) in [5.41, 5.74) is 1.14. The zero-order chi connectivity index (χ0) is 13.4. The fraction of sp³-hybridized carbons (Fsp3) is 0.533. The minimum atomic E-state index is -0.129. The van der Waals surface area contributed by atoms with Crippen LogP contribution in [-0.4, -0.2) is 18.4 Å². The Labute approximate surface area is 118 Å². The van der Waals surface area contributed by atoms with Gasteiger partial charge in [0.15, 0.2) is 0 Å². The minimum Gasteiger partial charge on any atom is -0.469 e. The minimum absolute atomic E-state index is 0.0951. The molecule has 0 aliphatic rings.